The Bertz CT molecular complexity index is 1600. The van der Waals surface area contributed by atoms with Crippen LogP contribution in [0.2, 0.25) is 0 Å². The molecular formula is C34H44N10O5. The number of nitrogens with zero attached hydrogens (tertiary/aromatic N) is 1. The summed E-state index contributed by atoms with van der Waals surface area (Å²) in [6, 6.07) is 19.8. The van der Waals surface area contributed by atoms with Gasteiger partial charge in [0.25, 0.3) is 5.91 Å². The molecule has 5 amide bonds. The van der Waals surface area contributed by atoms with Gasteiger partial charge in [0, 0.05) is 25.2 Å². The third-order valence-electron chi connectivity index (χ3n) is 7.46. The molecule has 14 N–H and O–H groups in total. The molecule has 15 nitrogen and oxygen atoms in total. The van der Waals surface area contributed by atoms with E-state index in [4.69, 9.17) is 28.7 Å². The van der Waals surface area contributed by atoms with Gasteiger partial charge in [-0.3, -0.25) is 29.0 Å². The summed E-state index contributed by atoms with van der Waals surface area (Å²) in [7, 11) is 0. The minimum Gasteiger partial charge on any atom is -0.398 e. The van der Waals surface area contributed by atoms with Gasteiger partial charge in [-0.15, -0.1) is 0 Å². The van der Waals surface area contributed by atoms with Crippen molar-refractivity contribution in [3.8, 4) is 0 Å². The molecule has 260 valence electrons. The summed E-state index contributed by atoms with van der Waals surface area (Å²) in [5.74, 6) is -3.61. The van der Waals surface area contributed by atoms with Gasteiger partial charge in [-0.2, -0.15) is 0 Å². The highest BCUT2D eigenvalue weighted by atomic mass is 16.2. The zero-order valence-electron chi connectivity index (χ0n) is 27.0. The molecule has 3 aromatic carbocycles. The molecular weight excluding hydrogens is 628 g/mol. The van der Waals surface area contributed by atoms with Crippen LogP contribution in [0.4, 0.5) is 5.69 Å². The normalized spacial score (nSPS) is 13.1. The van der Waals surface area contributed by atoms with E-state index in [0.717, 1.165) is 5.56 Å². The van der Waals surface area contributed by atoms with E-state index in [2.05, 4.69) is 26.3 Å². The molecule has 0 aliphatic rings. The summed E-state index contributed by atoms with van der Waals surface area (Å²) in [5.41, 5.74) is 30.4. The van der Waals surface area contributed by atoms with Crippen LogP contribution in [-0.4, -0.2) is 72.8 Å². The Morgan fingerprint density at radius 3 is 1.78 bits per heavy atom. The maximum atomic E-state index is 13.7. The summed E-state index contributed by atoms with van der Waals surface area (Å²) < 4.78 is 0. The largest absolute Gasteiger partial charge is 0.398 e. The van der Waals surface area contributed by atoms with E-state index in [9.17, 15) is 24.0 Å². The molecule has 49 heavy (non-hydrogen) atoms. The van der Waals surface area contributed by atoms with Crippen LogP contribution in [0.25, 0.3) is 0 Å². The molecule has 0 aliphatic heterocycles. The molecule has 3 rings (SSSR count). The number of guanidine groups is 1. The van der Waals surface area contributed by atoms with Gasteiger partial charge in [0.15, 0.2) is 5.96 Å². The molecule has 0 bridgehead atoms. The molecule has 4 atom stereocenters. The van der Waals surface area contributed by atoms with E-state index in [-0.39, 0.29) is 49.6 Å². The lowest BCUT2D eigenvalue weighted by Crippen LogP contribution is -2.59. The van der Waals surface area contributed by atoms with Crippen molar-refractivity contribution in [1.82, 2.24) is 21.3 Å². The Hall–Kier alpha value is -5.96. The topological polar surface area (TPSA) is 276 Å². The van der Waals surface area contributed by atoms with Gasteiger partial charge in [-0.05, 0) is 42.5 Å². The van der Waals surface area contributed by atoms with Gasteiger partial charge in [0.1, 0.15) is 18.1 Å². The lowest BCUT2D eigenvalue weighted by atomic mass is 10.0. The third-order valence-corrected chi connectivity index (χ3v) is 7.46. The lowest BCUT2D eigenvalue weighted by Gasteiger charge is -2.26. The minimum atomic E-state index is -1.33. The quantitative estimate of drug-likeness (QED) is 0.0339. The van der Waals surface area contributed by atoms with Crippen LogP contribution in [-0.2, 0) is 32.0 Å². The highest BCUT2D eigenvalue weighted by molar-refractivity contribution is 6.00. The number of carbonyl (C=O) groups excluding carboxylic acids is 5. The van der Waals surface area contributed by atoms with Crippen molar-refractivity contribution in [1.29, 1.82) is 0 Å². The maximum Gasteiger partial charge on any atom is 0.253 e. The number of anilines is 1. The summed E-state index contributed by atoms with van der Waals surface area (Å²) in [6.07, 6.45) is 0.689. The number of amides is 5. The number of rotatable bonds is 18. The van der Waals surface area contributed by atoms with Crippen LogP contribution in [0, 0.1) is 0 Å². The fourth-order valence-corrected chi connectivity index (χ4v) is 4.83. The zero-order valence-corrected chi connectivity index (χ0v) is 27.0. The van der Waals surface area contributed by atoms with Crippen LogP contribution in [0.5, 0.6) is 0 Å². The lowest BCUT2D eigenvalue weighted by molar-refractivity contribution is -0.133. The molecule has 0 radical (unpaired) electrons. The second kappa shape index (κ2) is 19.0. The molecule has 0 spiro atoms. The molecule has 0 saturated heterocycles. The van der Waals surface area contributed by atoms with Crippen molar-refractivity contribution in [2.24, 2.45) is 27.9 Å². The number of carbonyl (C=O) groups is 5. The van der Waals surface area contributed by atoms with Crippen molar-refractivity contribution >= 4 is 41.2 Å². The molecule has 0 heterocycles. The van der Waals surface area contributed by atoms with Crippen LogP contribution in [0.15, 0.2) is 89.9 Å². The number of para-hydroxylation sites is 1. The van der Waals surface area contributed by atoms with E-state index in [1.807, 2.05) is 30.3 Å². The SMILES string of the molecule is NC(=O)[C@H](CNC(=O)c1ccccc1N)NC(=O)C(Cc1ccccc1)NC(=O)C(CCCN=C(N)N)NC(=O)[C@@H](N)Cc1ccccc1. The second-order valence-electron chi connectivity index (χ2n) is 11.3. The van der Waals surface area contributed by atoms with Gasteiger partial charge >= 0.3 is 0 Å². The first-order chi connectivity index (χ1) is 23.4. The summed E-state index contributed by atoms with van der Waals surface area (Å²) in [6.45, 7) is -0.157. The molecule has 3 aromatic rings. The first-order valence-electron chi connectivity index (χ1n) is 15.7. The number of nitrogens with two attached hydrogens (primary N) is 5. The Morgan fingerprint density at radius 1 is 0.653 bits per heavy atom. The number of nitrogens with one attached hydrogen (secondary N) is 4. The van der Waals surface area contributed by atoms with E-state index in [1.54, 1.807) is 48.5 Å². The standard InChI is InChI=1S/C34H44N10O5/c35-24-15-8-7-14-23(24)30(46)41-20-28(29(37)45)44-33(49)27(19-22-12-5-2-6-13-22)43-32(48)26(16-9-17-40-34(38)39)42-31(47)25(36)18-21-10-3-1-4-11-21/h1-8,10-15,25-28H,9,16-20,35-36H2,(H2,37,45)(H,41,46)(H,42,47)(H,43,48)(H,44,49)(H4,38,39,40)/t25-,26?,27?,28-/m0/s1. The average molecular weight is 673 g/mol. The molecule has 15 heteroatoms. The average Bonchev–Trinajstić information content (AvgIpc) is 3.08. The zero-order chi connectivity index (χ0) is 35.8. The Balaban J connectivity index is 1.77. The van der Waals surface area contributed by atoms with Crippen LogP contribution in [0.3, 0.4) is 0 Å². The number of primary amides is 1. The predicted molar refractivity (Wildman–Crippen MR) is 186 cm³/mol. The van der Waals surface area contributed by atoms with Crippen molar-refractivity contribution in [2.45, 2.75) is 49.9 Å². The molecule has 0 saturated carbocycles. The molecule has 0 fully saturated rings. The highest BCUT2D eigenvalue weighted by Gasteiger charge is 2.30. The minimum absolute atomic E-state index is 0.0268. The second-order valence-corrected chi connectivity index (χ2v) is 11.3. The van der Waals surface area contributed by atoms with Gasteiger partial charge in [0.05, 0.1) is 11.6 Å². The van der Waals surface area contributed by atoms with Crippen molar-refractivity contribution in [3.63, 3.8) is 0 Å². The van der Waals surface area contributed by atoms with E-state index in [0.29, 0.717) is 12.0 Å². The Labute approximate surface area is 284 Å². The van der Waals surface area contributed by atoms with Gasteiger partial charge < -0.3 is 49.9 Å². The molecule has 2 unspecified atom stereocenters. The number of hydrogen-bond donors (Lipinski definition) is 9. The van der Waals surface area contributed by atoms with Gasteiger partial charge in [0.2, 0.25) is 23.6 Å². The number of benzene rings is 3. The first-order valence-corrected chi connectivity index (χ1v) is 15.7. The number of aliphatic imine (C=N–C) groups is 1. The third kappa shape index (κ3) is 12.6. The smallest absolute Gasteiger partial charge is 0.253 e. The predicted octanol–water partition coefficient (Wildman–Crippen LogP) is -1.20. The number of hydrogen-bond acceptors (Lipinski definition) is 8. The summed E-state index contributed by atoms with van der Waals surface area (Å²) >= 11 is 0. The van der Waals surface area contributed by atoms with E-state index in [1.165, 1.54) is 6.07 Å². The van der Waals surface area contributed by atoms with Crippen LogP contribution in [0.1, 0.15) is 34.3 Å². The fourth-order valence-electron chi connectivity index (χ4n) is 4.83. The summed E-state index contributed by atoms with van der Waals surface area (Å²) in [5, 5.41) is 10.5. The molecule has 0 aromatic heterocycles. The van der Waals surface area contributed by atoms with Gasteiger partial charge in [-0.25, -0.2) is 0 Å². The fraction of sp³-hybridized carbons (Fsp3) is 0.294. The summed E-state index contributed by atoms with van der Waals surface area (Å²) in [4.78, 5) is 69.4. The van der Waals surface area contributed by atoms with Crippen molar-refractivity contribution in [2.75, 3.05) is 18.8 Å². The monoisotopic (exact) mass is 672 g/mol. The maximum absolute atomic E-state index is 13.7. The Kier molecular flexibility index (Phi) is 14.5. The van der Waals surface area contributed by atoms with Gasteiger partial charge in [-0.1, -0.05) is 72.8 Å². The van der Waals surface area contributed by atoms with E-state index >= 15 is 0 Å². The van der Waals surface area contributed by atoms with E-state index < -0.39 is 53.7 Å². The van der Waals surface area contributed by atoms with Crippen LogP contribution >= 0.6 is 0 Å². The Morgan fingerprint density at radius 2 is 1.18 bits per heavy atom. The highest BCUT2D eigenvalue weighted by Crippen LogP contribution is 2.10. The number of nitrogen functional groups attached to an aromatic ring is 1. The molecule has 0 aliphatic carbocycles. The van der Waals surface area contributed by atoms with Crippen molar-refractivity contribution in [3.05, 3.63) is 102 Å². The van der Waals surface area contributed by atoms with Crippen molar-refractivity contribution < 1.29 is 24.0 Å². The first kappa shape index (κ1) is 37.5. The van der Waals surface area contributed by atoms with Crippen LogP contribution < -0.4 is 49.9 Å².